The minimum atomic E-state index is -3.83. The van der Waals surface area contributed by atoms with E-state index >= 15 is 0 Å². The molecule has 1 aliphatic carbocycles. The number of sulfonamides is 1. The molecule has 0 saturated heterocycles. The minimum Gasteiger partial charge on any atom is -0.349 e. The number of anilines is 2. The van der Waals surface area contributed by atoms with Gasteiger partial charge in [-0.25, -0.2) is 22.3 Å². The van der Waals surface area contributed by atoms with Gasteiger partial charge in [-0.3, -0.25) is 4.79 Å². The molecule has 4 N–H and O–H groups in total. The van der Waals surface area contributed by atoms with Crippen LogP contribution in [0.5, 0.6) is 0 Å². The van der Waals surface area contributed by atoms with Crippen molar-refractivity contribution >= 4 is 33.3 Å². The first-order valence-electron chi connectivity index (χ1n) is 12.5. The van der Waals surface area contributed by atoms with Gasteiger partial charge in [0.05, 0.1) is 10.9 Å². The van der Waals surface area contributed by atoms with Crippen LogP contribution in [0.1, 0.15) is 44.2 Å². The lowest BCUT2D eigenvalue weighted by Crippen LogP contribution is -2.41. The van der Waals surface area contributed by atoms with Gasteiger partial charge in [0.25, 0.3) is 0 Å². The number of halogens is 1. The summed E-state index contributed by atoms with van der Waals surface area (Å²) in [6.07, 6.45) is 2.16. The van der Waals surface area contributed by atoms with Gasteiger partial charge in [-0.1, -0.05) is 36.4 Å². The number of amides is 3. The van der Waals surface area contributed by atoms with Crippen LogP contribution in [0.2, 0.25) is 0 Å². The monoisotopic (exact) mass is 538 g/mol. The molecule has 1 aliphatic rings. The lowest BCUT2D eigenvalue weighted by atomic mass is 9.85. The maximum Gasteiger partial charge on any atom is 0.323 e. The Morgan fingerprint density at radius 1 is 0.842 bits per heavy atom. The van der Waals surface area contributed by atoms with Crippen molar-refractivity contribution in [2.45, 2.75) is 49.6 Å². The summed E-state index contributed by atoms with van der Waals surface area (Å²) in [5.41, 5.74) is 1.78. The van der Waals surface area contributed by atoms with E-state index in [1.54, 1.807) is 48.5 Å². The van der Waals surface area contributed by atoms with Crippen LogP contribution in [0, 0.1) is 11.7 Å². The standard InChI is InChI=1S/C28H31FN4O4S/c1-19(20-10-14-22(29)15-11-20)30-27(34)21-12-16-24(17-13-21)33-38(36,37)26-9-5-8-25(18-26)32-28(35)31-23-6-3-2-4-7-23/h2-11,14-15,18-19,21,24,33H,12-13,16-17H2,1H3,(H,30,34)(H2,31,32,35)/t19-,21-,24-/m1/s1. The van der Waals surface area contributed by atoms with Crippen LogP contribution < -0.4 is 20.7 Å². The van der Waals surface area contributed by atoms with E-state index in [0.717, 1.165) is 5.56 Å². The number of nitrogens with one attached hydrogen (secondary N) is 4. The average Bonchev–Trinajstić information content (AvgIpc) is 2.90. The Kier molecular flexibility index (Phi) is 8.75. The van der Waals surface area contributed by atoms with Crippen molar-refractivity contribution < 1.29 is 22.4 Å². The molecule has 38 heavy (non-hydrogen) atoms. The van der Waals surface area contributed by atoms with Gasteiger partial charge in [0.15, 0.2) is 0 Å². The topological polar surface area (TPSA) is 116 Å². The molecule has 8 nitrogen and oxygen atoms in total. The predicted octanol–water partition coefficient (Wildman–Crippen LogP) is 5.18. The van der Waals surface area contributed by atoms with Crippen molar-refractivity contribution in [3.8, 4) is 0 Å². The number of urea groups is 1. The fraction of sp³-hybridized carbons (Fsp3) is 0.286. The van der Waals surface area contributed by atoms with Gasteiger partial charge in [-0.15, -0.1) is 0 Å². The Labute approximate surface area is 222 Å². The molecule has 10 heteroatoms. The summed E-state index contributed by atoms with van der Waals surface area (Å²) in [5, 5.41) is 8.31. The number of hydrogen-bond donors (Lipinski definition) is 4. The van der Waals surface area contributed by atoms with Gasteiger partial charge < -0.3 is 16.0 Å². The first kappa shape index (κ1) is 27.3. The Balaban J connectivity index is 1.28. The van der Waals surface area contributed by atoms with Gasteiger partial charge >= 0.3 is 6.03 Å². The molecular formula is C28H31FN4O4S. The fourth-order valence-electron chi connectivity index (χ4n) is 4.48. The van der Waals surface area contributed by atoms with Crippen molar-refractivity contribution in [1.29, 1.82) is 0 Å². The molecule has 1 fully saturated rings. The lowest BCUT2D eigenvalue weighted by molar-refractivity contribution is -0.126. The SMILES string of the molecule is C[C@@H](NC(=O)[C@H]1CC[C@H](NS(=O)(=O)c2cccc(NC(=O)Nc3ccccc3)c2)CC1)c1ccc(F)cc1. The van der Waals surface area contributed by atoms with E-state index < -0.39 is 16.1 Å². The predicted molar refractivity (Wildman–Crippen MR) is 145 cm³/mol. The van der Waals surface area contributed by atoms with Gasteiger partial charge in [0, 0.05) is 23.3 Å². The Morgan fingerprint density at radius 3 is 2.16 bits per heavy atom. The van der Waals surface area contributed by atoms with E-state index in [1.165, 1.54) is 24.3 Å². The molecule has 3 amide bonds. The summed E-state index contributed by atoms with van der Waals surface area (Å²) in [6.45, 7) is 1.85. The molecule has 0 bridgehead atoms. The number of carbonyl (C=O) groups excluding carboxylic acids is 2. The molecule has 0 aromatic heterocycles. The molecule has 0 radical (unpaired) electrons. The van der Waals surface area contributed by atoms with Crippen molar-refractivity contribution in [2.24, 2.45) is 5.92 Å². The largest absolute Gasteiger partial charge is 0.349 e. The normalized spacial score (nSPS) is 18.3. The van der Waals surface area contributed by atoms with Crippen LogP contribution >= 0.6 is 0 Å². The van der Waals surface area contributed by atoms with E-state index in [-0.39, 0.29) is 34.6 Å². The lowest BCUT2D eigenvalue weighted by Gasteiger charge is -2.29. The van der Waals surface area contributed by atoms with Crippen LogP contribution in [0.4, 0.5) is 20.6 Å². The molecule has 1 saturated carbocycles. The number of hydrogen-bond acceptors (Lipinski definition) is 4. The number of benzene rings is 3. The van der Waals surface area contributed by atoms with Gasteiger partial charge in [0.2, 0.25) is 15.9 Å². The molecule has 0 spiro atoms. The van der Waals surface area contributed by atoms with Crippen LogP contribution in [-0.4, -0.2) is 26.4 Å². The Hall–Kier alpha value is -3.76. The van der Waals surface area contributed by atoms with Crippen LogP contribution in [0.15, 0.2) is 83.8 Å². The summed E-state index contributed by atoms with van der Waals surface area (Å²) < 4.78 is 41.9. The maximum absolute atomic E-state index is 13.2. The van der Waals surface area contributed by atoms with Crippen molar-refractivity contribution in [3.05, 3.63) is 90.2 Å². The minimum absolute atomic E-state index is 0.0444. The zero-order chi connectivity index (χ0) is 27.1. The Bertz CT molecular complexity index is 1360. The summed E-state index contributed by atoms with van der Waals surface area (Å²) in [7, 11) is -3.83. The highest BCUT2D eigenvalue weighted by atomic mass is 32.2. The maximum atomic E-state index is 13.2. The fourth-order valence-corrected chi connectivity index (χ4v) is 5.83. The smallest absolute Gasteiger partial charge is 0.323 e. The summed E-state index contributed by atoms with van der Waals surface area (Å²) in [6, 6.07) is 19.9. The van der Waals surface area contributed by atoms with Crippen LogP contribution in [0.25, 0.3) is 0 Å². The molecule has 0 heterocycles. The first-order valence-corrected chi connectivity index (χ1v) is 14.0. The second-order valence-electron chi connectivity index (χ2n) is 9.42. The van der Waals surface area contributed by atoms with Crippen molar-refractivity contribution in [2.75, 3.05) is 10.6 Å². The van der Waals surface area contributed by atoms with Gasteiger partial charge in [-0.05, 0) is 80.6 Å². The second kappa shape index (κ2) is 12.2. The van der Waals surface area contributed by atoms with Crippen molar-refractivity contribution in [1.82, 2.24) is 10.0 Å². The average molecular weight is 539 g/mol. The zero-order valence-electron chi connectivity index (χ0n) is 21.0. The molecule has 4 rings (SSSR count). The number of para-hydroxylation sites is 1. The summed E-state index contributed by atoms with van der Waals surface area (Å²) in [5.74, 6) is -0.630. The van der Waals surface area contributed by atoms with Crippen molar-refractivity contribution in [3.63, 3.8) is 0 Å². The molecular weight excluding hydrogens is 507 g/mol. The van der Waals surface area contributed by atoms with Gasteiger partial charge in [0.1, 0.15) is 5.82 Å². The molecule has 1 atom stereocenters. The summed E-state index contributed by atoms with van der Waals surface area (Å²) >= 11 is 0. The third kappa shape index (κ3) is 7.39. The molecule has 0 unspecified atom stereocenters. The number of carbonyl (C=O) groups is 2. The highest BCUT2D eigenvalue weighted by Crippen LogP contribution is 2.27. The van der Waals surface area contributed by atoms with E-state index in [4.69, 9.17) is 0 Å². The van der Waals surface area contributed by atoms with Crippen LogP contribution in [-0.2, 0) is 14.8 Å². The van der Waals surface area contributed by atoms with E-state index in [1.807, 2.05) is 13.0 Å². The molecule has 0 aliphatic heterocycles. The highest BCUT2D eigenvalue weighted by Gasteiger charge is 2.30. The van der Waals surface area contributed by atoms with E-state index in [0.29, 0.717) is 37.1 Å². The number of rotatable bonds is 8. The Morgan fingerprint density at radius 2 is 1.47 bits per heavy atom. The highest BCUT2D eigenvalue weighted by molar-refractivity contribution is 7.89. The third-order valence-corrected chi connectivity index (χ3v) is 8.10. The third-order valence-electron chi connectivity index (χ3n) is 6.58. The van der Waals surface area contributed by atoms with E-state index in [9.17, 15) is 22.4 Å². The first-order chi connectivity index (χ1) is 18.2. The van der Waals surface area contributed by atoms with Crippen LogP contribution in [0.3, 0.4) is 0 Å². The molecule has 3 aromatic rings. The zero-order valence-corrected chi connectivity index (χ0v) is 21.8. The van der Waals surface area contributed by atoms with Gasteiger partial charge in [-0.2, -0.15) is 0 Å². The molecule has 3 aromatic carbocycles. The summed E-state index contributed by atoms with van der Waals surface area (Å²) in [4.78, 5) is 25.1. The second-order valence-corrected chi connectivity index (χ2v) is 11.1. The quantitative estimate of drug-likeness (QED) is 0.316. The van der Waals surface area contributed by atoms with E-state index in [2.05, 4.69) is 20.7 Å². The molecule has 200 valence electrons.